The summed E-state index contributed by atoms with van der Waals surface area (Å²) in [5, 5.41) is 11.1. The molecule has 4 fully saturated rings. The number of aliphatic hydroxyl groups is 1. The Morgan fingerprint density at radius 1 is 0.850 bits per heavy atom. The molecule has 1 aromatic carbocycles. The molecule has 4 bridgehead atoms. The molecule has 0 atom stereocenters. The number of benzene rings is 1. The molecule has 4 aliphatic carbocycles. The van der Waals surface area contributed by atoms with E-state index in [9.17, 15) is 18.3 Å². The van der Waals surface area contributed by atoms with E-state index in [2.05, 4.69) is 0 Å². The van der Waals surface area contributed by atoms with Crippen molar-refractivity contribution >= 4 is 0 Å². The molecule has 0 spiro atoms. The van der Waals surface area contributed by atoms with Crippen molar-refractivity contribution in [3.63, 3.8) is 0 Å². The molecule has 1 aromatic rings. The zero-order valence-corrected chi connectivity index (χ0v) is 11.1. The van der Waals surface area contributed by atoms with Crippen molar-refractivity contribution in [2.24, 2.45) is 23.7 Å². The summed E-state index contributed by atoms with van der Waals surface area (Å²) in [5.74, 6) is -2.67. The number of halogens is 3. The van der Waals surface area contributed by atoms with Crippen LogP contribution in [0.4, 0.5) is 13.2 Å². The van der Waals surface area contributed by atoms with Crippen LogP contribution in [0.25, 0.3) is 0 Å². The molecule has 0 aromatic heterocycles. The average molecular weight is 282 g/mol. The molecule has 0 unspecified atom stereocenters. The first-order chi connectivity index (χ1) is 9.50. The van der Waals surface area contributed by atoms with E-state index in [-0.39, 0.29) is 17.4 Å². The second-order valence-corrected chi connectivity index (χ2v) is 6.85. The lowest BCUT2D eigenvalue weighted by atomic mass is 9.48. The van der Waals surface area contributed by atoms with Crippen LogP contribution in [-0.2, 0) is 5.60 Å². The van der Waals surface area contributed by atoms with Gasteiger partial charge in [0.25, 0.3) is 0 Å². The topological polar surface area (TPSA) is 20.2 Å². The van der Waals surface area contributed by atoms with Gasteiger partial charge in [-0.15, -0.1) is 0 Å². The predicted molar refractivity (Wildman–Crippen MR) is 67.3 cm³/mol. The van der Waals surface area contributed by atoms with Crippen LogP contribution in [0.1, 0.15) is 37.7 Å². The van der Waals surface area contributed by atoms with Crippen molar-refractivity contribution in [2.75, 3.05) is 0 Å². The molecule has 0 heterocycles. The fourth-order valence-electron chi connectivity index (χ4n) is 5.18. The third-order valence-corrected chi connectivity index (χ3v) is 5.85. The van der Waals surface area contributed by atoms with Gasteiger partial charge in [-0.05, 0) is 61.8 Å². The summed E-state index contributed by atoms with van der Waals surface area (Å²) in [7, 11) is 0. The van der Waals surface area contributed by atoms with Gasteiger partial charge in [0.15, 0.2) is 17.5 Å². The van der Waals surface area contributed by atoms with Crippen LogP contribution < -0.4 is 0 Å². The van der Waals surface area contributed by atoms with Crippen LogP contribution in [0.2, 0.25) is 0 Å². The summed E-state index contributed by atoms with van der Waals surface area (Å²) < 4.78 is 40.8. The van der Waals surface area contributed by atoms with Crippen molar-refractivity contribution < 1.29 is 18.3 Å². The maximum Gasteiger partial charge on any atom is 0.194 e. The van der Waals surface area contributed by atoms with Crippen LogP contribution in [0, 0.1) is 41.1 Å². The van der Waals surface area contributed by atoms with Gasteiger partial charge in [-0.25, -0.2) is 13.2 Å². The minimum atomic E-state index is -1.47. The Balaban J connectivity index is 1.83. The highest BCUT2D eigenvalue weighted by Gasteiger charge is 2.58. The van der Waals surface area contributed by atoms with Crippen LogP contribution in [-0.4, -0.2) is 5.11 Å². The molecule has 4 saturated carbocycles. The van der Waals surface area contributed by atoms with Gasteiger partial charge in [0.1, 0.15) is 0 Å². The van der Waals surface area contributed by atoms with Gasteiger partial charge in [-0.3, -0.25) is 0 Å². The largest absolute Gasteiger partial charge is 0.384 e. The fraction of sp³-hybridized carbons (Fsp3) is 0.625. The van der Waals surface area contributed by atoms with Gasteiger partial charge in [-0.1, -0.05) is 6.07 Å². The van der Waals surface area contributed by atoms with Crippen LogP contribution in [0.5, 0.6) is 0 Å². The Kier molecular flexibility index (Phi) is 2.54. The Morgan fingerprint density at radius 2 is 1.40 bits per heavy atom. The average Bonchev–Trinajstić information content (AvgIpc) is 2.41. The van der Waals surface area contributed by atoms with Gasteiger partial charge in [0, 0.05) is 5.56 Å². The van der Waals surface area contributed by atoms with Crippen molar-refractivity contribution in [2.45, 2.75) is 37.7 Å². The normalized spacial score (nSPS) is 42.2. The third-order valence-electron chi connectivity index (χ3n) is 5.85. The first kappa shape index (κ1) is 12.7. The molecule has 0 amide bonds. The highest BCUT2D eigenvalue weighted by Crippen LogP contribution is 2.62. The summed E-state index contributed by atoms with van der Waals surface area (Å²) in [6.07, 6.45) is 4.72. The van der Waals surface area contributed by atoms with E-state index < -0.39 is 23.1 Å². The van der Waals surface area contributed by atoms with Crippen LogP contribution >= 0.6 is 0 Å². The Morgan fingerprint density at radius 3 is 1.95 bits per heavy atom. The minimum absolute atomic E-state index is 0.0156. The lowest BCUT2D eigenvalue weighted by Gasteiger charge is -2.59. The quantitative estimate of drug-likeness (QED) is 0.778. The number of hydrogen-bond acceptors (Lipinski definition) is 1. The number of rotatable bonds is 1. The van der Waals surface area contributed by atoms with Gasteiger partial charge in [-0.2, -0.15) is 0 Å². The summed E-state index contributed by atoms with van der Waals surface area (Å²) >= 11 is 0. The van der Waals surface area contributed by atoms with Gasteiger partial charge in [0.2, 0.25) is 0 Å². The van der Waals surface area contributed by atoms with Crippen LogP contribution in [0.3, 0.4) is 0 Å². The zero-order valence-electron chi connectivity index (χ0n) is 11.1. The van der Waals surface area contributed by atoms with Crippen molar-refractivity contribution in [3.8, 4) is 0 Å². The Labute approximate surface area is 115 Å². The molecule has 1 nitrogen and oxygen atoms in total. The zero-order chi connectivity index (χ0) is 14.1. The molecule has 20 heavy (non-hydrogen) atoms. The van der Waals surface area contributed by atoms with E-state index in [1.54, 1.807) is 0 Å². The lowest BCUT2D eigenvalue weighted by Crippen LogP contribution is -2.56. The lowest BCUT2D eigenvalue weighted by molar-refractivity contribution is -0.181. The maximum absolute atomic E-state index is 14.1. The summed E-state index contributed by atoms with van der Waals surface area (Å²) in [6.45, 7) is 0. The Hall–Kier alpha value is -1.03. The molecule has 0 aliphatic heterocycles. The second kappa shape index (κ2) is 4.00. The van der Waals surface area contributed by atoms with E-state index in [1.165, 1.54) is 12.5 Å². The van der Waals surface area contributed by atoms with E-state index >= 15 is 0 Å². The van der Waals surface area contributed by atoms with Crippen LogP contribution in [0.15, 0.2) is 12.1 Å². The second-order valence-electron chi connectivity index (χ2n) is 6.85. The Bertz CT molecular complexity index is 541. The molecule has 4 heteroatoms. The summed E-state index contributed by atoms with van der Waals surface area (Å²) in [6, 6.07) is 2.16. The molecule has 108 valence electrons. The van der Waals surface area contributed by atoms with Crippen molar-refractivity contribution in [3.05, 3.63) is 35.1 Å². The smallest absolute Gasteiger partial charge is 0.194 e. The molecule has 0 saturated heterocycles. The predicted octanol–water partition coefficient (Wildman–Crippen LogP) is 3.75. The van der Waals surface area contributed by atoms with Crippen molar-refractivity contribution in [1.82, 2.24) is 0 Å². The fourth-order valence-corrected chi connectivity index (χ4v) is 5.18. The van der Waals surface area contributed by atoms with E-state index in [4.69, 9.17) is 0 Å². The van der Waals surface area contributed by atoms with Gasteiger partial charge in [0.05, 0.1) is 5.60 Å². The summed E-state index contributed by atoms with van der Waals surface area (Å²) in [4.78, 5) is 0. The molecular formula is C16H17F3O. The maximum atomic E-state index is 14.1. The molecule has 1 N–H and O–H groups in total. The van der Waals surface area contributed by atoms with Gasteiger partial charge >= 0.3 is 0 Å². The monoisotopic (exact) mass is 282 g/mol. The SMILES string of the molecule is OC1(c2ccc(F)c(F)c2F)C2CC3CC(C2)CC1C3. The highest BCUT2D eigenvalue weighted by molar-refractivity contribution is 5.30. The van der Waals surface area contributed by atoms with E-state index in [0.717, 1.165) is 31.7 Å². The third kappa shape index (κ3) is 1.49. The van der Waals surface area contributed by atoms with E-state index in [1.807, 2.05) is 0 Å². The standard InChI is InChI=1S/C16H17F3O/c17-13-2-1-12(14(18)15(13)19)16(20)10-4-8-3-9(6-10)7-11(16)5-8/h1-2,8-11,20H,3-7H2. The number of hydrogen-bond donors (Lipinski definition) is 1. The first-order valence-electron chi connectivity index (χ1n) is 7.36. The van der Waals surface area contributed by atoms with Gasteiger partial charge < -0.3 is 5.11 Å². The first-order valence-corrected chi connectivity index (χ1v) is 7.36. The molecular weight excluding hydrogens is 265 g/mol. The molecule has 0 radical (unpaired) electrons. The minimum Gasteiger partial charge on any atom is -0.384 e. The molecule has 4 aliphatic rings. The summed E-state index contributed by atoms with van der Waals surface area (Å²) in [5.41, 5.74) is -1.35. The highest BCUT2D eigenvalue weighted by atomic mass is 19.2. The molecule has 5 rings (SSSR count). The van der Waals surface area contributed by atoms with E-state index in [0.29, 0.717) is 11.8 Å². The van der Waals surface area contributed by atoms with Crippen molar-refractivity contribution in [1.29, 1.82) is 0 Å².